The highest BCUT2D eigenvalue weighted by atomic mass is 35.5. The van der Waals surface area contributed by atoms with Crippen LogP contribution in [0, 0.1) is 12.8 Å². The van der Waals surface area contributed by atoms with Crippen LogP contribution in [-0.2, 0) is 6.54 Å². The third kappa shape index (κ3) is 5.06. The largest absolute Gasteiger partial charge is 0.312 e. The van der Waals surface area contributed by atoms with Crippen LogP contribution >= 0.6 is 23.4 Å². The second-order valence-electron chi connectivity index (χ2n) is 5.67. The number of halogens is 1. The van der Waals surface area contributed by atoms with E-state index in [0.717, 1.165) is 23.0 Å². The molecule has 0 amide bonds. The fourth-order valence-electron chi connectivity index (χ4n) is 2.10. The summed E-state index contributed by atoms with van der Waals surface area (Å²) in [5.41, 5.74) is 2.53. The van der Waals surface area contributed by atoms with E-state index in [9.17, 15) is 0 Å². The molecule has 0 saturated carbocycles. The summed E-state index contributed by atoms with van der Waals surface area (Å²) in [5, 5.41) is 4.32. The molecule has 0 radical (unpaired) electrons. The van der Waals surface area contributed by atoms with Gasteiger partial charge in [-0.1, -0.05) is 67.0 Å². The van der Waals surface area contributed by atoms with E-state index in [-0.39, 0.29) is 0 Å². The second-order valence-corrected chi connectivity index (χ2v) is 7.16. The zero-order valence-corrected chi connectivity index (χ0v) is 14.4. The molecule has 0 unspecified atom stereocenters. The van der Waals surface area contributed by atoms with Crippen LogP contribution < -0.4 is 5.32 Å². The number of aryl methyl sites for hydroxylation is 1. The lowest BCUT2D eigenvalue weighted by Gasteiger charge is -2.13. The molecule has 3 heteroatoms. The van der Waals surface area contributed by atoms with Crippen molar-refractivity contribution in [3.05, 3.63) is 58.6 Å². The summed E-state index contributed by atoms with van der Waals surface area (Å²) in [6.07, 6.45) is 0. The smallest absolute Gasteiger partial charge is 0.0548 e. The van der Waals surface area contributed by atoms with Gasteiger partial charge < -0.3 is 5.32 Å². The lowest BCUT2D eigenvalue weighted by molar-refractivity contribution is 0.550. The summed E-state index contributed by atoms with van der Waals surface area (Å²) in [5.74, 6) is 0.650. The molecule has 112 valence electrons. The van der Waals surface area contributed by atoms with Gasteiger partial charge in [0.1, 0.15) is 0 Å². The Morgan fingerprint density at radius 1 is 1.14 bits per heavy atom. The Morgan fingerprint density at radius 3 is 2.62 bits per heavy atom. The van der Waals surface area contributed by atoms with Crippen molar-refractivity contribution in [1.82, 2.24) is 5.32 Å². The molecule has 0 spiro atoms. The molecule has 2 aromatic carbocycles. The van der Waals surface area contributed by atoms with Crippen molar-refractivity contribution in [2.45, 2.75) is 37.1 Å². The van der Waals surface area contributed by atoms with E-state index in [1.54, 1.807) is 11.8 Å². The summed E-state index contributed by atoms with van der Waals surface area (Å²) in [7, 11) is 0. The number of hydrogen-bond acceptors (Lipinski definition) is 2. The molecule has 2 aromatic rings. The number of hydrogen-bond donors (Lipinski definition) is 1. The van der Waals surface area contributed by atoms with Gasteiger partial charge in [-0.3, -0.25) is 0 Å². The van der Waals surface area contributed by atoms with Crippen LogP contribution in [0.1, 0.15) is 25.0 Å². The van der Waals surface area contributed by atoms with E-state index in [1.807, 2.05) is 12.1 Å². The van der Waals surface area contributed by atoms with Crippen molar-refractivity contribution < 1.29 is 0 Å². The van der Waals surface area contributed by atoms with Crippen molar-refractivity contribution in [3.8, 4) is 0 Å². The SMILES string of the molecule is Cc1cccc(Sc2c(Cl)cccc2CNCC(C)C)c1. The van der Waals surface area contributed by atoms with E-state index < -0.39 is 0 Å². The summed E-state index contributed by atoms with van der Waals surface area (Å²) >= 11 is 8.15. The Bertz CT molecular complexity index is 596. The van der Waals surface area contributed by atoms with Crippen LogP contribution in [0.4, 0.5) is 0 Å². The van der Waals surface area contributed by atoms with Gasteiger partial charge in [-0.2, -0.15) is 0 Å². The standard InChI is InChI=1S/C18H22ClNS/c1-13(2)11-20-12-15-7-5-9-17(19)18(15)21-16-8-4-6-14(3)10-16/h4-10,13,20H,11-12H2,1-3H3. The molecule has 0 fully saturated rings. The lowest BCUT2D eigenvalue weighted by atomic mass is 10.2. The van der Waals surface area contributed by atoms with Crippen LogP contribution in [0.15, 0.2) is 52.3 Å². The van der Waals surface area contributed by atoms with Gasteiger partial charge in [0.25, 0.3) is 0 Å². The monoisotopic (exact) mass is 319 g/mol. The molecule has 2 rings (SSSR count). The van der Waals surface area contributed by atoms with E-state index >= 15 is 0 Å². The van der Waals surface area contributed by atoms with Crippen LogP contribution in [-0.4, -0.2) is 6.54 Å². The van der Waals surface area contributed by atoms with Crippen LogP contribution in [0.5, 0.6) is 0 Å². The molecule has 0 aliphatic carbocycles. The molecule has 21 heavy (non-hydrogen) atoms. The van der Waals surface area contributed by atoms with E-state index in [2.05, 4.69) is 56.4 Å². The minimum atomic E-state index is 0.650. The molecule has 0 aromatic heterocycles. The van der Waals surface area contributed by atoms with Crippen molar-refractivity contribution in [2.75, 3.05) is 6.54 Å². The average molecular weight is 320 g/mol. The minimum Gasteiger partial charge on any atom is -0.312 e. The maximum Gasteiger partial charge on any atom is 0.0548 e. The zero-order chi connectivity index (χ0) is 15.2. The fraction of sp³-hybridized carbons (Fsp3) is 0.333. The Balaban J connectivity index is 2.17. The maximum absolute atomic E-state index is 6.41. The first-order chi connectivity index (χ1) is 10.1. The normalized spacial score (nSPS) is 11.1. The third-order valence-electron chi connectivity index (χ3n) is 3.13. The van der Waals surface area contributed by atoms with Crippen LogP contribution in [0.3, 0.4) is 0 Å². The quantitative estimate of drug-likeness (QED) is 0.749. The predicted molar refractivity (Wildman–Crippen MR) is 93.3 cm³/mol. The molecule has 1 N–H and O–H groups in total. The van der Waals surface area contributed by atoms with Gasteiger partial charge in [0, 0.05) is 16.3 Å². The first kappa shape index (κ1) is 16.4. The molecule has 1 nitrogen and oxygen atoms in total. The van der Waals surface area contributed by atoms with E-state index in [4.69, 9.17) is 11.6 Å². The van der Waals surface area contributed by atoms with Crippen molar-refractivity contribution >= 4 is 23.4 Å². The van der Waals surface area contributed by atoms with E-state index in [1.165, 1.54) is 16.0 Å². The first-order valence-electron chi connectivity index (χ1n) is 7.29. The number of benzene rings is 2. The summed E-state index contributed by atoms with van der Waals surface area (Å²) < 4.78 is 0. The van der Waals surface area contributed by atoms with Crippen molar-refractivity contribution in [3.63, 3.8) is 0 Å². The number of nitrogens with one attached hydrogen (secondary N) is 1. The Morgan fingerprint density at radius 2 is 1.90 bits per heavy atom. The van der Waals surface area contributed by atoms with Crippen molar-refractivity contribution in [1.29, 1.82) is 0 Å². The van der Waals surface area contributed by atoms with Crippen LogP contribution in [0.25, 0.3) is 0 Å². The zero-order valence-electron chi connectivity index (χ0n) is 12.8. The predicted octanol–water partition coefficient (Wildman–Crippen LogP) is 5.55. The molecular formula is C18H22ClNS. The second kappa shape index (κ2) is 7.88. The molecule has 0 saturated heterocycles. The van der Waals surface area contributed by atoms with Crippen molar-refractivity contribution in [2.24, 2.45) is 5.92 Å². The van der Waals surface area contributed by atoms with Crippen LogP contribution in [0.2, 0.25) is 5.02 Å². The van der Waals surface area contributed by atoms with Gasteiger partial charge in [-0.15, -0.1) is 0 Å². The molecular weight excluding hydrogens is 298 g/mol. The lowest BCUT2D eigenvalue weighted by Crippen LogP contribution is -2.19. The van der Waals surface area contributed by atoms with Gasteiger partial charge in [0.05, 0.1) is 5.02 Å². The summed E-state index contributed by atoms with van der Waals surface area (Å²) in [6, 6.07) is 14.7. The molecule has 0 aliphatic heterocycles. The third-order valence-corrected chi connectivity index (χ3v) is 4.73. The molecule has 0 aliphatic rings. The summed E-state index contributed by atoms with van der Waals surface area (Å²) in [4.78, 5) is 2.38. The number of rotatable bonds is 6. The minimum absolute atomic E-state index is 0.650. The molecule has 0 atom stereocenters. The highest BCUT2D eigenvalue weighted by Crippen LogP contribution is 2.36. The van der Waals surface area contributed by atoms with Gasteiger partial charge in [0.2, 0.25) is 0 Å². The highest BCUT2D eigenvalue weighted by Gasteiger charge is 2.09. The highest BCUT2D eigenvalue weighted by molar-refractivity contribution is 7.99. The maximum atomic E-state index is 6.41. The molecule has 0 heterocycles. The topological polar surface area (TPSA) is 12.0 Å². The van der Waals surface area contributed by atoms with Gasteiger partial charge >= 0.3 is 0 Å². The van der Waals surface area contributed by atoms with Gasteiger partial charge in [-0.05, 0) is 43.1 Å². The van der Waals surface area contributed by atoms with Gasteiger partial charge in [0.15, 0.2) is 0 Å². The average Bonchev–Trinajstić information content (AvgIpc) is 2.42. The Kier molecular flexibility index (Phi) is 6.16. The Hall–Kier alpha value is -0.960. The van der Waals surface area contributed by atoms with E-state index in [0.29, 0.717) is 5.92 Å². The Labute approximate surface area is 137 Å². The van der Waals surface area contributed by atoms with Gasteiger partial charge in [-0.25, -0.2) is 0 Å². The summed E-state index contributed by atoms with van der Waals surface area (Å²) in [6.45, 7) is 8.41. The fourth-order valence-corrected chi connectivity index (χ4v) is 3.47. The first-order valence-corrected chi connectivity index (χ1v) is 8.48. The molecule has 0 bridgehead atoms.